The van der Waals surface area contributed by atoms with Crippen molar-refractivity contribution in [3.8, 4) is 6.07 Å². The number of anilines is 1. The first-order valence-corrected chi connectivity index (χ1v) is 12.0. The molecule has 2 aliphatic heterocycles. The predicted octanol–water partition coefficient (Wildman–Crippen LogP) is 3.61. The minimum absolute atomic E-state index is 0.0103. The Hall–Kier alpha value is -4.26. The van der Waals surface area contributed by atoms with Gasteiger partial charge in [-0.3, -0.25) is 14.4 Å². The van der Waals surface area contributed by atoms with E-state index in [2.05, 4.69) is 21.7 Å². The molecule has 1 spiro atoms. The summed E-state index contributed by atoms with van der Waals surface area (Å²) in [6.45, 7) is 3.66. The molecular formula is C27H25F2N5O3. The van der Waals surface area contributed by atoms with Crippen LogP contribution >= 0.6 is 0 Å². The Morgan fingerprint density at radius 1 is 1.22 bits per heavy atom. The van der Waals surface area contributed by atoms with Crippen LogP contribution in [0.15, 0.2) is 42.5 Å². The Kier molecular flexibility index (Phi) is 5.94. The maximum atomic E-state index is 14.4. The van der Waals surface area contributed by atoms with Gasteiger partial charge in [0.1, 0.15) is 29.4 Å². The summed E-state index contributed by atoms with van der Waals surface area (Å²) in [7, 11) is 0. The van der Waals surface area contributed by atoms with Crippen molar-refractivity contribution in [2.45, 2.75) is 44.2 Å². The number of carbonyl (C=O) groups is 3. The van der Waals surface area contributed by atoms with E-state index in [1.54, 1.807) is 12.1 Å². The van der Waals surface area contributed by atoms with Crippen LogP contribution in [0.4, 0.5) is 14.5 Å². The summed E-state index contributed by atoms with van der Waals surface area (Å²) in [6.07, 6.45) is 0.291. The molecule has 3 atom stereocenters. The zero-order valence-electron chi connectivity index (χ0n) is 20.3. The Morgan fingerprint density at radius 2 is 1.95 bits per heavy atom. The van der Waals surface area contributed by atoms with E-state index >= 15 is 0 Å². The number of nitrogens with zero attached hydrogens (tertiary/aromatic N) is 2. The highest BCUT2D eigenvalue weighted by Gasteiger charge is 2.57. The first-order valence-electron chi connectivity index (χ1n) is 12.0. The van der Waals surface area contributed by atoms with Gasteiger partial charge in [-0.1, -0.05) is 32.0 Å². The number of hydrogen-bond donors (Lipinski definition) is 3. The molecule has 1 saturated heterocycles. The number of nitriles is 1. The molecule has 0 aliphatic carbocycles. The lowest BCUT2D eigenvalue weighted by molar-refractivity contribution is -0.134. The van der Waals surface area contributed by atoms with Crippen LogP contribution in [-0.4, -0.2) is 46.2 Å². The van der Waals surface area contributed by atoms with Crippen molar-refractivity contribution in [2.24, 2.45) is 5.92 Å². The first kappa shape index (κ1) is 24.4. The number of hydrogen-bond acceptors (Lipinski definition) is 4. The Bertz CT molecular complexity index is 1480. The van der Waals surface area contributed by atoms with Crippen LogP contribution in [0, 0.1) is 28.9 Å². The molecule has 3 amide bonds. The zero-order valence-corrected chi connectivity index (χ0v) is 20.3. The number of H-pyrrole nitrogens is 1. The topological polar surface area (TPSA) is 118 Å². The smallest absolute Gasteiger partial charge is 0.268 e. The van der Waals surface area contributed by atoms with Crippen LogP contribution in [0.1, 0.15) is 42.7 Å². The van der Waals surface area contributed by atoms with Gasteiger partial charge in [-0.15, -0.1) is 0 Å². The number of halogens is 2. The van der Waals surface area contributed by atoms with Crippen molar-refractivity contribution in [1.29, 1.82) is 5.26 Å². The second kappa shape index (κ2) is 9.00. The monoisotopic (exact) mass is 505 g/mol. The van der Waals surface area contributed by atoms with Gasteiger partial charge in [0, 0.05) is 23.9 Å². The SMILES string of the molecule is CC(C)C[C@H](NC(=O)c1cc2c(F)cccc2[nH]1)C(=O)N1C[C@]2(CC1C#N)C(=O)Nc1c(F)cccc12. The lowest BCUT2D eigenvalue weighted by Crippen LogP contribution is -2.51. The van der Waals surface area contributed by atoms with Gasteiger partial charge in [0.25, 0.3) is 5.91 Å². The summed E-state index contributed by atoms with van der Waals surface area (Å²) < 4.78 is 28.5. The molecule has 2 aromatic carbocycles. The van der Waals surface area contributed by atoms with Crippen LogP contribution in [0.3, 0.4) is 0 Å². The number of aromatic amines is 1. The highest BCUT2D eigenvalue weighted by Crippen LogP contribution is 2.47. The number of carbonyl (C=O) groups excluding carboxylic acids is 3. The fourth-order valence-electron chi connectivity index (χ4n) is 5.39. The molecule has 1 unspecified atom stereocenters. The van der Waals surface area contributed by atoms with Gasteiger partial charge in [0.05, 0.1) is 17.2 Å². The number of fused-ring (bicyclic) bond motifs is 3. The summed E-state index contributed by atoms with van der Waals surface area (Å²) in [5.74, 6) is -2.62. The third-order valence-electron chi connectivity index (χ3n) is 7.16. The quantitative estimate of drug-likeness (QED) is 0.491. The molecule has 3 N–H and O–H groups in total. The highest BCUT2D eigenvalue weighted by molar-refractivity contribution is 6.07. The summed E-state index contributed by atoms with van der Waals surface area (Å²) >= 11 is 0. The number of rotatable bonds is 5. The van der Waals surface area contributed by atoms with E-state index in [0.29, 0.717) is 11.1 Å². The lowest BCUT2D eigenvalue weighted by atomic mass is 9.79. The number of aromatic nitrogens is 1. The van der Waals surface area contributed by atoms with Crippen LogP contribution in [0.25, 0.3) is 10.9 Å². The van der Waals surface area contributed by atoms with Crippen LogP contribution in [0.2, 0.25) is 0 Å². The van der Waals surface area contributed by atoms with Crippen molar-refractivity contribution in [3.05, 3.63) is 65.4 Å². The third-order valence-corrected chi connectivity index (χ3v) is 7.16. The molecular weight excluding hydrogens is 480 g/mol. The second-order valence-corrected chi connectivity index (χ2v) is 10.1. The van der Waals surface area contributed by atoms with Crippen molar-refractivity contribution < 1.29 is 23.2 Å². The molecule has 3 aromatic rings. The number of likely N-dealkylation sites (tertiary alicyclic amines) is 1. The van der Waals surface area contributed by atoms with E-state index in [4.69, 9.17) is 0 Å². The van der Waals surface area contributed by atoms with E-state index in [9.17, 15) is 28.4 Å². The minimum Gasteiger partial charge on any atom is -0.350 e. The highest BCUT2D eigenvalue weighted by atomic mass is 19.1. The van der Waals surface area contributed by atoms with E-state index < -0.39 is 46.9 Å². The van der Waals surface area contributed by atoms with Crippen molar-refractivity contribution in [1.82, 2.24) is 15.2 Å². The average molecular weight is 506 g/mol. The van der Waals surface area contributed by atoms with Crippen molar-refractivity contribution >= 4 is 34.3 Å². The van der Waals surface area contributed by atoms with Gasteiger partial charge in [0.15, 0.2) is 0 Å². The predicted molar refractivity (Wildman–Crippen MR) is 131 cm³/mol. The Morgan fingerprint density at radius 3 is 2.65 bits per heavy atom. The molecule has 10 heteroatoms. The maximum absolute atomic E-state index is 14.4. The molecule has 190 valence electrons. The van der Waals surface area contributed by atoms with E-state index in [1.807, 2.05) is 13.8 Å². The molecule has 0 saturated carbocycles. The lowest BCUT2D eigenvalue weighted by Gasteiger charge is -2.28. The normalized spacial score (nSPS) is 21.2. The van der Waals surface area contributed by atoms with E-state index in [0.717, 1.165) is 0 Å². The van der Waals surface area contributed by atoms with Gasteiger partial charge in [-0.25, -0.2) is 8.78 Å². The summed E-state index contributed by atoms with van der Waals surface area (Å²) in [4.78, 5) is 44.0. The number of para-hydroxylation sites is 1. The van der Waals surface area contributed by atoms with Crippen LogP contribution in [0.5, 0.6) is 0 Å². The van der Waals surface area contributed by atoms with Gasteiger partial charge < -0.3 is 20.5 Å². The zero-order chi connectivity index (χ0) is 26.5. The molecule has 5 rings (SSSR count). The fourth-order valence-corrected chi connectivity index (χ4v) is 5.39. The Labute approximate surface area is 211 Å². The summed E-state index contributed by atoms with van der Waals surface area (Å²) in [5.41, 5.74) is -0.236. The third kappa shape index (κ3) is 4.00. The average Bonchev–Trinajstić information content (AvgIpc) is 3.54. The number of amides is 3. The Balaban J connectivity index is 1.43. The van der Waals surface area contributed by atoms with Gasteiger partial charge >= 0.3 is 0 Å². The molecule has 8 nitrogen and oxygen atoms in total. The van der Waals surface area contributed by atoms with Crippen molar-refractivity contribution in [2.75, 3.05) is 11.9 Å². The molecule has 3 heterocycles. The minimum atomic E-state index is -1.26. The molecule has 0 radical (unpaired) electrons. The second-order valence-electron chi connectivity index (χ2n) is 10.1. The van der Waals surface area contributed by atoms with Gasteiger partial charge in [0.2, 0.25) is 11.8 Å². The molecule has 2 aliphatic rings. The molecule has 1 fully saturated rings. The summed E-state index contributed by atoms with van der Waals surface area (Å²) in [6, 6.07) is 10.4. The number of nitrogens with one attached hydrogen (secondary N) is 3. The molecule has 1 aromatic heterocycles. The van der Waals surface area contributed by atoms with Crippen LogP contribution < -0.4 is 10.6 Å². The van der Waals surface area contributed by atoms with Gasteiger partial charge in [-0.05, 0) is 42.2 Å². The first-order chi connectivity index (χ1) is 17.6. The van der Waals surface area contributed by atoms with E-state index in [-0.39, 0.29) is 42.1 Å². The fraction of sp³-hybridized carbons (Fsp3) is 0.333. The standard InChI is InChI=1S/C27H25F2N5O3/c1-14(2)9-22(32-24(35)21-10-16-18(28)6-4-8-20(16)31-21)25(36)34-13-27(11-15(34)12-30)17-5-3-7-19(29)23(17)33-26(27)37/h3-8,10,14-15,22,31H,9,11,13H2,1-2H3,(H,32,35)(H,33,37)/t15?,22-,27-/m0/s1. The largest absolute Gasteiger partial charge is 0.350 e. The van der Waals surface area contributed by atoms with E-state index in [1.165, 1.54) is 35.2 Å². The van der Waals surface area contributed by atoms with Gasteiger partial charge in [-0.2, -0.15) is 5.26 Å². The maximum Gasteiger partial charge on any atom is 0.268 e. The number of benzene rings is 2. The molecule has 37 heavy (non-hydrogen) atoms. The van der Waals surface area contributed by atoms with Crippen LogP contribution in [-0.2, 0) is 15.0 Å². The summed E-state index contributed by atoms with van der Waals surface area (Å²) in [5, 5.41) is 15.4. The van der Waals surface area contributed by atoms with Crippen molar-refractivity contribution in [3.63, 3.8) is 0 Å². The molecule has 0 bridgehead atoms.